The van der Waals surface area contributed by atoms with Crippen LogP contribution in [-0.2, 0) is 10.2 Å². The topological polar surface area (TPSA) is 59.9 Å². The van der Waals surface area contributed by atoms with Crippen molar-refractivity contribution < 1.29 is 14.3 Å². The molecule has 1 heterocycles. The fourth-order valence-electron chi connectivity index (χ4n) is 2.64. The summed E-state index contributed by atoms with van der Waals surface area (Å²) in [5.74, 6) is 0.916. The van der Waals surface area contributed by atoms with Gasteiger partial charge in [-0.15, -0.1) is 0 Å². The van der Waals surface area contributed by atoms with Crippen molar-refractivity contribution in [3.05, 3.63) is 59.2 Å². The Kier molecular flexibility index (Phi) is 4.98. The Morgan fingerprint density at radius 2 is 1.96 bits per heavy atom. The first-order valence-electron chi connectivity index (χ1n) is 8.67. The SMILES string of the molecule is Cc1ccccc1/C=N\NC(=O)C1COc2ccc(C(C)(C)C)cc2O1. The van der Waals surface area contributed by atoms with Crippen LogP contribution in [0, 0.1) is 6.92 Å². The number of nitrogens with one attached hydrogen (secondary N) is 1. The normalized spacial score (nSPS) is 16.5. The summed E-state index contributed by atoms with van der Waals surface area (Å²) >= 11 is 0. The van der Waals surface area contributed by atoms with Gasteiger partial charge in [0.25, 0.3) is 5.91 Å². The van der Waals surface area contributed by atoms with Crippen LogP contribution in [0.1, 0.15) is 37.5 Å². The van der Waals surface area contributed by atoms with Gasteiger partial charge in [-0.1, -0.05) is 51.1 Å². The molecule has 1 N–H and O–H groups in total. The van der Waals surface area contributed by atoms with Crippen LogP contribution in [0.3, 0.4) is 0 Å². The van der Waals surface area contributed by atoms with Gasteiger partial charge < -0.3 is 9.47 Å². The molecule has 1 aliphatic heterocycles. The molecule has 0 fully saturated rings. The van der Waals surface area contributed by atoms with Crippen molar-refractivity contribution in [1.82, 2.24) is 5.43 Å². The summed E-state index contributed by atoms with van der Waals surface area (Å²) in [7, 11) is 0. The maximum absolute atomic E-state index is 12.3. The van der Waals surface area contributed by atoms with Crippen molar-refractivity contribution in [3.63, 3.8) is 0 Å². The van der Waals surface area contributed by atoms with Crippen LogP contribution in [0.5, 0.6) is 11.5 Å². The minimum Gasteiger partial charge on any atom is -0.485 e. The second kappa shape index (κ2) is 7.20. The predicted molar refractivity (Wildman–Crippen MR) is 102 cm³/mol. The molecule has 0 saturated heterocycles. The van der Waals surface area contributed by atoms with Crippen LogP contribution in [0.4, 0.5) is 0 Å². The first-order valence-corrected chi connectivity index (χ1v) is 8.67. The van der Waals surface area contributed by atoms with Gasteiger partial charge in [0.1, 0.15) is 6.61 Å². The number of carbonyl (C=O) groups is 1. The lowest BCUT2D eigenvalue weighted by Crippen LogP contribution is -2.42. The zero-order chi connectivity index (χ0) is 18.7. The first kappa shape index (κ1) is 18.0. The molecule has 2 aromatic carbocycles. The third kappa shape index (κ3) is 4.04. The highest BCUT2D eigenvalue weighted by molar-refractivity contribution is 5.85. The van der Waals surface area contributed by atoms with Gasteiger partial charge in [0, 0.05) is 0 Å². The number of hydrogen-bond donors (Lipinski definition) is 1. The van der Waals surface area contributed by atoms with Crippen LogP contribution in [0.15, 0.2) is 47.6 Å². The first-order chi connectivity index (χ1) is 12.3. The van der Waals surface area contributed by atoms with E-state index in [0.717, 1.165) is 16.7 Å². The highest BCUT2D eigenvalue weighted by Crippen LogP contribution is 2.36. The van der Waals surface area contributed by atoms with E-state index < -0.39 is 6.10 Å². The number of carbonyl (C=O) groups excluding carboxylic acids is 1. The quantitative estimate of drug-likeness (QED) is 0.678. The molecule has 26 heavy (non-hydrogen) atoms. The Morgan fingerprint density at radius 1 is 1.19 bits per heavy atom. The molecule has 1 aliphatic rings. The second-order valence-corrected chi connectivity index (χ2v) is 7.42. The molecule has 1 amide bonds. The molecule has 0 radical (unpaired) electrons. The maximum atomic E-state index is 12.3. The van der Waals surface area contributed by atoms with E-state index in [1.807, 2.05) is 49.4 Å². The number of nitrogens with zero attached hydrogens (tertiary/aromatic N) is 1. The van der Waals surface area contributed by atoms with E-state index in [0.29, 0.717) is 11.5 Å². The standard InChI is InChI=1S/C21H24N2O3/c1-14-7-5-6-8-15(14)12-22-23-20(24)19-13-25-17-10-9-16(21(2,3)4)11-18(17)26-19/h5-12,19H,13H2,1-4H3,(H,23,24)/b22-12-. The molecule has 0 bridgehead atoms. The highest BCUT2D eigenvalue weighted by Gasteiger charge is 2.28. The molecular formula is C21H24N2O3. The van der Waals surface area contributed by atoms with E-state index in [1.165, 1.54) is 0 Å². The third-order valence-electron chi connectivity index (χ3n) is 4.33. The average Bonchev–Trinajstić information content (AvgIpc) is 2.61. The maximum Gasteiger partial charge on any atom is 0.284 e. The van der Waals surface area contributed by atoms with Gasteiger partial charge in [-0.2, -0.15) is 5.10 Å². The fraction of sp³-hybridized carbons (Fsp3) is 0.333. The summed E-state index contributed by atoms with van der Waals surface area (Å²) in [5, 5.41) is 4.03. The fourth-order valence-corrected chi connectivity index (χ4v) is 2.64. The molecule has 1 unspecified atom stereocenters. The zero-order valence-electron chi connectivity index (χ0n) is 15.6. The van der Waals surface area contributed by atoms with Gasteiger partial charge in [-0.05, 0) is 41.2 Å². The van der Waals surface area contributed by atoms with Gasteiger partial charge in [0.2, 0.25) is 6.10 Å². The van der Waals surface area contributed by atoms with E-state index in [9.17, 15) is 4.79 Å². The minimum atomic E-state index is -0.730. The Bertz CT molecular complexity index is 837. The summed E-state index contributed by atoms with van der Waals surface area (Å²) in [6, 6.07) is 13.7. The molecule has 5 nitrogen and oxygen atoms in total. The number of hydrogen-bond acceptors (Lipinski definition) is 4. The lowest BCUT2D eigenvalue weighted by atomic mass is 9.87. The molecule has 136 valence electrons. The van der Waals surface area contributed by atoms with E-state index >= 15 is 0 Å². The smallest absolute Gasteiger partial charge is 0.284 e. The Balaban J connectivity index is 1.66. The minimum absolute atomic E-state index is 0.00850. The van der Waals surface area contributed by atoms with Gasteiger partial charge in [-0.3, -0.25) is 4.79 Å². The van der Waals surface area contributed by atoms with E-state index in [-0.39, 0.29) is 17.9 Å². The summed E-state index contributed by atoms with van der Waals surface area (Å²) in [5.41, 5.74) is 5.69. The Hall–Kier alpha value is -2.82. The van der Waals surface area contributed by atoms with Crippen molar-refractivity contribution in [2.45, 2.75) is 39.2 Å². The largest absolute Gasteiger partial charge is 0.485 e. The summed E-state index contributed by atoms with van der Waals surface area (Å²) in [6.07, 6.45) is 0.898. The van der Waals surface area contributed by atoms with Crippen molar-refractivity contribution in [1.29, 1.82) is 0 Å². The van der Waals surface area contributed by atoms with Gasteiger partial charge in [0.05, 0.1) is 6.21 Å². The molecule has 5 heteroatoms. The molecule has 0 spiro atoms. The number of fused-ring (bicyclic) bond motifs is 1. The number of amides is 1. The number of hydrazone groups is 1. The van der Waals surface area contributed by atoms with Gasteiger partial charge in [-0.25, -0.2) is 5.43 Å². The molecule has 2 aromatic rings. The van der Waals surface area contributed by atoms with E-state index in [2.05, 4.69) is 31.3 Å². The number of aryl methyl sites for hydroxylation is 1. The lowest BCUT2D eigenvalue weighted by molar-refractivity contribution is -0.130. The zero-order valence-corrected chi connectivity index (χ0v) is 15.6. The number of ether oxygens (including phenoxy) is 2. The van der Waals surface area contributed by atoms with Crippen LogP contribution >= 0.6 is 0 Å². The second-order valence-electron chi connectivity index (χ2n) is 7.42. The monoisotopic (exact) mass is 352 g/mol. The van der Waals surface area contributed by atoms with Crippen molar-refractivity contribution >= 4 is 12.1 Å². The lowest BCUT2D eigenvalue weighted by Gasteiger charge is -2.27. The third-order valence-corrected chi connectivity index (χ3v) is 4.33. The van der Waals surface area contributed by atoms with Crippen molar-refractivity contribution in [2.24, 2.45) is 5.10 Å². The molecular weight excluding hydrogens is 328 g/mol. The molecule has 3 rings (SSSR count). The molecule has 0 aromatic heterocycles. The van der Waals surface area contributed by atoms with Crippen LogP contribution in [0.25, 0.3) is 0 Å². The van der Waals surface area contributed by atoms with Crippen molar-refractivity contribution in [2.75, 3.05) is 6.61 Å². The predicted octanol–water partition coefficient (Wildman–Crippen LogP) is 3.58. The average molecular weight is 352 g/mol. The van der Waals surface area contributed by atoms with Crippen molar-refractivity contribution in [3.8, 4) is 11.5 Å². The summed E-state index contributed by atoms with van der Waals surface area (Å²) < 4.78 is 11.5. The van der Waals surface area contributed by atoms with Gasteiger partial charge in [0.15, 0.2) is 11.5 Å². The molecule has 0 saturated carbocycles. The van der Waals surface area contributed by atoms with E-state index in [1.54, 1.807) is 6.21 Å². The summed E-state index contributed by atoms with van der Waals surface area (Å²) in [4.78, 5) is 12.3. The van der Waals surface area contributed by atoms with Crippen LogP contribution in [-0.4, -0.2) is 24.8 Å². The van der Waals surface area contributed by atoms with Crippen LogP contribution in [0.2, 0.25) is 0 Å². The number of benzene rings is 2. The molecule has 0 aliphatic carbocycles. The van der Waals surface area contributed by atoms with E-state index in [4.69, 9.17) is 9.47 Å². The van der Waals surface area contributed by atoms with Crippen LogP contribution < -0.4 is 14.9 Å². The van der Waals surface area contributed by atoms with Gasteiger partial charge >= 0.3 is 0 Å². The Labute approximate surface area is 154 Å². The number of rotatable bonds is 3. The summed E-state index contributed by atoms with van der Waals surface area (Å²) in [6.45, 7) is 8.53. The molecule has 1 atom stereocenters. The highest BCUT2D eigenvalue weighted by atomic mass is 16.6. The Morgan fingerprint density at radius 3 is 2.69 bits per heavy atom.